The zero-order valence-electron chi connectivity index (χ0n) is 11.9. The number of rotatable bonds is 6. The summed E-state index contributed by atoms with van der Waals surface area (Å²) in [5.41, 5.74) is 6.03. The van der Waals surface area contributed by atoms with Gasteiger partial charge in [0, 0.05) is 18.1 Å². The first kappa shape index (κ1) is 13.7. The Hall–Kier alpha value is -0.770. The molecule has 0 aromatic rings. The van der Waals surface area contributed by atoms with E-state index >= 15 is 0 Å². The lowest BCUT2D eigenvalue weighted by Gasteiger charge is -2.49. The average Bonchev–Trinajstić information content (AvgIpc) is 3.11. The van der Waals surface area contributed by atoms with E-state index in [-0.39, 0.29) is 5.41 Å². The first-order chi connectivity index (χ1) is 8.54. The second-order valence-corrected chi connectivity index (χ2v) is 6.22. The van der Waals surface area contributed by atoms with Crippen LogP contribution in [0.1, 0.15) is 52.9 Å². The van der Waals surface area contributed by atoms with Crippen LogP contribution in [-0.4, -0.2) is 30.8 Å². The molecule has 2 saturated carbocycles. The van der Waals surface area contributed by atoms with E-state index in [1.165, 1.54) is 19.3 Å². The minimum atomic E-state index is 0.115. The molecule has 2 aliphatic carbocycles. The molecule has 4 nitrogen and oxygen atoms in total. The van der Waals surface area contributed by atoms with Crippen molar-refractivity contribution in [2.24, 2.45) is 16.1 Å². The SMILES string of the molecule is CCCCO[C@H]1C[C@@H](N=C(N)NC2CC2)C1(C)C. The number of nitrogens with two attached hydrogens (primary N) is 1. The summed E-state index contributed by atoms with van der Waals surface area (Å²) in [7, 11) is 0. The minimum Gasteiger partial charge on any atom is -0.377 e. The fourth-order valence-corrected chi connectivity index (χ4v) is 2.38. The lowest BCUT2D eigenvalue weighted by atomic mass is 9.65. The normalized spacial score (nSPS) is 30.9. The van der Waals surface area contributed by atoms with Gasteiger partial charge in [-0.3, -0.25) is 0 Å². The largest absolute Gasteiger partial charge is 0.377 e. The van der Waals surface area contributed by atoms with Crippen LogP contribution in [0.3, 0.4) is 0 Å². The van der Waals surface area contributed by atoms with Crippen molar-refractivity contribution in [3.05, 3.63) is 0 Å². The third kappa shape index (κ3) is 3.16. The quantitative estimate of drug-likeness (QED) is 0.432. The van der Waals surface area contributed by atoms with Crippen molar-refractivity contribution in [2.75, 3.05) is 6.61 Å². The van der Waals surface area contributed by atoms with Crippen LogP contribution in [0.5, 0.6) is 0 Å². The maximum atomic E-state index is 5.91. The number of unbranched alkanes of at least 4 members (excludes halogenated alkanes) is 1. The molecule has 0 unspecified atom stereocenters. The summed E-state index contributed by atoms with van der Waals surface area (Å²) in [4.78, 5) is 4.60. The van der Waals surface area contributed by atoms with Crippen molar-refractivity contribution >= 4 is 5.96 Å². The summed E-state index contributed by atoms with van der Waals surface area (Å²) in [5, 5.41) is 3.24. The smallest absolute Gasteiger partial charge is 0.189 e. The van der Waals surface area contributed by atoms with Gasteiger partial charge in [-0.25, -0.2) is 4.99 Å². The van der Waals surface area contributed by atoms with Crippen LogP contribution in [-0.2, 0) is 4.74 Å². The van der Waals surface area contributed by atoms with Crippen molar-refractivity contribution < 1.29 is 4.74 Å². The van der Waals surface area contributed by atoms with E-state index in [1.54, 1.807) is 0 Å². The molecule has 2 rings (SSSR count). The van der Waals surface area contributed by atoms with E-state index < -0.39 is 0 Å². The van der Waals surface area contributed by atoms with Gasteiger partial charge in [0.15, 0.2) is 5.96 Å². The van der Waals surface area contributed by atoms with E-state index in [0.717, 1.165) is 19.4 Å². The van der Waals surface area contributed by atoms with Crippen LogP contribution >= 0.6 is 0 Å². The Bertz CT molecular complexity index is 310. The Labute approximate surface area is 110 Å². The molecule has 0 amide bonds. The second kappa shape index (κ2) is 5.47. The third-order valence-electron chi connectivity index (χ3n) is 4.17. The topological polar surface area (TPSA) is 59.6 Å². The van der Waals surface area contributed by atoms with Crippen LogP contribution in [0.4, 0.5) is 0 Å². The van der Waals surface area contributed by atoms with Crippen molar-refractivity contribution in [1.82, 2.24) is 5.32 Å². The number of nitrogens with one attached hydrogen (secondary N) is 1. The highest BCUT2D eigenvalue weighted by Crippen LogP contribution is 2.44. The third-order valence-corrected chi connectivity index (χ3v) is 4.17. The Kier molecular flexibility index (Phi) is 4.15. The summed E-state index contributed by atoms with van der Waals surface area (Å²) in [6, 6.07) is 0.879. The van der Waals surface area contributed by atoms with Crippen LogP contribution in [0.25, 0.3) is 0 Å². The molecule has 0 aromatic heterocycles. The van der Waals surface area contributed by atoms with Crippen molar-refractivity contribution in [3.8, 4) is 0 Å². The highest BCUT2D eigenvalue weighted by molar-refractivity contribution is 5.78. The summed E-state index contributed by atoms with van der Waals surface area (Å²) in [6.07, 6.45) is 6.13. The van der Waals surface area contributed by atoms with Crippen LogP contribution < -0.4 is 11.1 Å². The fourth-order valence-electron chi connectivity index (χ4n) is 2.38. The summed E-state index contributed by atoms with van der Waals surface area (Å²) < 4.78 is 5.91. The van der Waals surface area contributed by atoms with Gasteiger partial charge in [-0.05, 0) is 25.7 Å². The predicted molar refractivity (Wildman–Crippen MR) is 74.6 cm³/mol. The zero-order chi connectivity index (χ0) is 13.2. The molecular weight excluding hydrogens is 226 g/mol. The average molecular weight is 253 g/mol. The van der Waals surface area contributed by atoms with Gasteiger partial charge in [0.2, 0.25) is 0 Å². The maximum Gasteiger partial charge on any atom is 0.189 e. The Balaban J connectivity index is 1.78. The van der Waals surface area contributed by atoms with E-state index in [0.29, 0.717) is 24.1 Å². The highest BCUT2D eigenvalue weighted by Gasteiger charge is 2.49. The number of hydrogen-bond donors (Lipinski definition) is 2. The standard InChI is InChI=1S/C14H27N3O/c1-4-5-8-18-12-9-11(14(12,2)3)17-13(15)16-10-6-7-10/h10-12H,4-9H2,1-3H3,(H3,15,16,17)/t11-,12+/m1/s1. The molecule has 0 heterocycles. The highest BCUT2D eigenvalue weighted by atomic mass is 16.5. The molecule has 0 bridgehead atoms. The van der Waals surface area contributed by atoms with Crippen molar-refractivity contribution in [3.63, 3.8) is 0 Å². The van der Waals surface area contributed by atoms with Gasteiger partial charge in [-0.2, -0.15) is 0 Å². The number of ether oxygens (including phenoxy) is 1. The number of nitrogens with zero attached hydrogens (tertiary/aromatic N) is 1. The monoisotopic (exact) mass is 253 g/mol. The Morgan fingerprint density at radius 1 is 1.44 bits per heavy atom. The number of hydrogen-bond acceptors (Lipinski definition) is 2. The fraction of sp³-hybridized carbons (Fsp3) is 0.929. The molecule has 2 atom stereocenters. The molecular formula is C14H27N3O. The van der Waals surface area contributed by atoms with E-state index in [2.05, 4.69) is 31.1 Å². The van der Waals surface area contributed by atoms with Gasteiger partial charge in [0.05, 0.1) is 12.1 Å². The van der Waals surface area contributed by atoms with E-state index in [9.17, 15) is 0 Å². The summed E-state index contributed by atoms with van der Waals surface area (Å²) in [5.74, 6) is 0.614. The molecule has 3 N–H and O–H groups in total. The van der Waals surface area contributed by atoms with Crippen molar-refractivity contribution in [1.29, 1.82) is 0 Å². The van der Waals surface area contributed by atoms with Gasteiger partial charge in [-0.1, -0.05) is 27.2 Å². The second-order valence-electron chi connectivity index (χ2n) is 6.22. The molecule has 0 aromatic carbocycles. The summed E-state index contributed by atoms with van der Waals surface area (Å²) >= 11 is 0. The van der Waals surface area contributed by atoms with Gasteiger partial charge in [0.25, 0.3) is 0 Å². The first-order valence-electron chi connectivity index (χ1n) is 7.25. The zero-order valence-corrected chi connectivity index (χ0v) is 11.9. The lowest BCUT2D eigenvalue weighted by molar-refractivity contribution is -0.107. The summed E-state index contributed by atoms with van der Waals surface area (Å²) in [6.45, 7) is 7.51. The molecule has 2 fully saturated rings. The Morgan fingerprint density at radius 3 is 2.72 bits per heavy atom. The molecule has 0 radical (unpaired) electrons. The van der Waals surface area contributed by atoms with Crippen LogP contribution in [0.15, 0.2) is 4.99 Å². The molecule has 18 heavy (non-hydrogen) atoms. The molecule has 2 aliphatic rings. The lowest BCUT2D eigenvalue weighted by Crippen LogP contribution is -2.55. The Morgan fingerprint density at radius 2 is 2.17 bits per heavy atom. The molecule has 0 saturated heterocycles. The van der Waals surface area contributed by atoms with E-state index in [4.69, 9.17) is 10.5 Å². The maximum absolute atomic E-state index is 5.91. The predicted octanol–water partition coefficient (Wildman–Crippen LogP) is 2.04. The van der Waals surface area contributed by atoms with E-state index in [1.807, 2.05) is 0 Å². The number of guanidine groups is 1. The van der Waals surface area contributed by atoms with Gasteiger partial charge in [-0.15, -0.1) is 0 Å². The molecule has 0 spiro atoms. The number of aliphatic imine (C=N–C) groups is 1. The van der Waals surface area contributed by atoms with Gasteiger partial charge in [0.1, 0.15) is 0 Å². The van der Waals surface area contributed by atoms with Crippen LogP contribution in [0.2, 0.25) is 0 Å². The molecule has 0 aliphatic heterocycles. The molecule has 104 valence electrons. The first-order valence-corrected chi connectivity index (χ1v) is 7.25. The van der Waals surface area contributed by atoms with Crippen molar-refractivity contribution in [2.45, 2.75) is 71.1 Å². The minimum absolute atomic E-state index is 0.115. The van der Waals surface area contributed by atoms with Crippen LogP contribution in [0, 0.1) is 5.41 Å². The van der Waals surface area contributed by atoms with Gasteiger partial charge >= 0.3 is 0 Å². The molecule has 4 heteroatoms. The van der Waals surface area contributed by atoms with Gasteiger partial charge < -0.3 is 15.8 Å².